The lowest BCUT2D eigenvalue weighted by Gasteiger charge is -2.34. The van der Waals surface area contributed by atoms with Gasteiger partial charge in [-0.25, -0.2) is 4.98 Å². The SMILES string of the molecule is CCN(Cc1c(C(F)(F)F)nc2n1CCCN2c1c(C)cc(C)cc1Cl)CC1CCC1. The molecule has 0 bridgehead atoms. The first-order valence-corrected chi connectivity index (χ1v) is 11.5. The number of alkyl halides is 3. The highest BCUT2D eigenvalue weighted by Crippen LogP contribution is 2.41. The number of anilines is 2. The van der Waals surface area contributed by atoms with Gasteiger partial charge in [0.1, 0.15) is 0 Å². The van der Waals surface area contributed by atoms with E-state index in [0.29, 0.717) is 30.0 Å². The third kappa shape index (κ3) is 4.44. The van der Waals surface area contributed by atoms with Crippen molar-refractivity contribution in [2.24, 2.45) is 5.92 Å². The van der Waals surface area contributed by atoms with Crippen LogP contribution in [0.1, 0.15) is 55.1 Å². The predicted octanol–water partition coefficient (Wildman–Crippen LogP) is 6.34. The van der Waals surface area contributed by atoms with E-state index in [1.165, 1.54) is 19.3 Å². The van der Waals surface area contributed by atoms with Crippen molar-refractivity contribution in [2.75, 3.05) is 24.5 Å². The van der Waals surface area contributed by atoms with E-state index in [0.717, 1.165) is 36.3 Å². The van der Waals surface area contributed by atoms with Gasteiger partial charge in [0.25, 0.3) is 0 Å². The summed E-state index contributed by atoms with van der Waals surface area (Å²) >= 11 is 6.55. The van der Waals surface area contributed by atoms with E-state index in [-0.39, 0.29) is 12.2 Å². The van der Waals surface area contributed by atoms with Crippen molar-refractivity contribution in [3.8, 4) is 0 Å². The zero-order chi connectivity index (χ0) is 22.3. The minimum absolute atomic E-state index is 0.267. The van der Waals surface area contributed by atoms with Gasteiger partial charge in [-0.05, 0) is 62.8 Å². The lowest BCUT2D eigenvalue weighted by molar-refractivity contribution is -0.141. The fourth-order valence-electron chi connectivity index (χ4n) is 4.81. The highest BCUT2D eigenvalue weighted by Gasteiger charge is 2.41. The molecular formula is C23H30ClF3N4. The van der Waals surface area contributed by atoms with Crippen LogP contribution in [0, 0.1) is 19.8 Å². The smallest absolute Gasteiger partial charge is 0.312 e. The number of imidazole rings is 1. The van der Waals surface area contributed by atoms with Crippen LogP contribution in [0.3, 0.4) is 0 Å². The van der Waals surface area contributed by atoms with E-state index < -0.39 is 11.9 Å². The Morgan fingerprint density at radius 3 is 2.48 bits per heavy atom. The topological polar surface area (TPSA) is 24.3 Å². The molecule has 0 saturated heterocycles. The second kappa shape index (κ2) is 8.66. The molecule has 2 aliphatic rings. The third-order valence-corrected chi connectivity index (χ3v) is 6.84. The molecule has 0 N–H and O–H groups in total. The Bertz CT molecular complexity index is 926. The number of rotatable bonds is 6. The van der Waals surface area contributed by atoms with Crippen molar-refractivity contribution >= 4 is 23.2 Å². The van der Waals surface area contributed by atoms with Crippen molar-refractivity contribution < 1.29 is 13.2 Å². The number of fused-ring (bicyclic) bond motifs is 1. The van der Waals surface area contributed by atoms with E-state index in [1.54, 1.807) is 4.57 Å². The van der Waals surface area contributed by atoms with Gasteiger partial charge in [0.2, 0.25) is 5.95 Å². The molecule has 0 spiro atoms. The van der Waals surface area contributed by atoms with Crippen LogP contribution in [0.5, 0.6) is 0 Å². The van der Waals surface area contributed by atoms with E-state index in [1.807, 2.05) is 37.8 Å². The Morgan fingerprint density at radius 1 is 1.16 bits per heavy atom. The molecule has 0 radical (unpaired) electrons. The van der Waals surface area contributed by atoms with Crippen molar-refractivity contribution in [3.63, 3.8) is 0 Å². The number of halogens is 4. The van der Waals surface area contributed by atoms with Gasteiger partial charge in [-0.15, -0.1) is 0 Å². The van der Waals surface area contributed by atoms with Gasteiger partial charge in [-0.1, -0.05) is 31.0 Å². The Balaban J connectivity index is 1.75. The van der Waals surface area contributed by atoms with Gasteiger partial charge in [0.15, 0.2) is 5.69 Å². The van der Waals surface area contributed by atoms with Crippen LogP contribution < -0.4 is 4.90 Å². The van der Waals surface area contributed by atoms with Gasteiger partial charge in [-0.3, -0.25) is 4.90 Å². The maximum Gasteiger partial charge on any atom is 0.435 e. The van der Waals surface area contributed by atoms with Gasteiger partial charge >= 0.3 is 6.18 Å². The highest BCUT2D eigenvalue weighted by molar-refractivity contribution is 6.33. The first-order chi connectivity index (χ1) is 14.7. The molecule has 4 nitrogen and oxygen atoms in total. The first kappa shape index (κ1) is 22.5. The molecule has 8 heteroatoms. The zero-order valence-electron chi connectivity index (χ0n) is 18.4. The molecule has 4 rings (SSSR count). The molecule has 1 aromatic heterocycles. The third-order valence-electron chi connectivity index (χ3n) is 6.56. The summed E-state index contributed by atoms with van der Waals surface area (Å²) in [6, 6.07) is 3.86. The van der Waals surface area contributed by atoms with Crippen molar-refractivity contribution in [2.45, 2.75) is 65.7 Å². The molecule has 0 atom stereocenters. The second-order valence-electron chi connectivity index (χ2n) is 8.90. The minimum Gasteiger partial charge on any atom is -0.312 e. The molecule has 2 heterocycles. The van der Waals surface area contributed by atoms with E-state index in [4.69, 9.17) is 11.6 Å². The highest BCUT2D eigenvalue weighted by atomic mass is 35.5. The number of hydrogen-bond donors (Lipinski definition) is 0. The molecule has 1 saturated carbocycles. The van der Waals surface area contributed by atoms with Crippen molar-refractivity contribution in [3.05, 3.63) is 39.7 Å². The van der Waals surface area contributed by atoms with E-state index >= 15 is 0 Å². The number of aryl methyl sites for hydroxylation is 2. The molecule has 31 heavy (non-hydrogen) atoms. The molecule has 1 fully saturated rings. The maximum atomic E-state index is 14.0. The summed E-state index contributed by atoms with van der Waals surface area (Å²) in [6.07, 6.45) is -0.179. The van der Waals surface area contributed by atoms with Crippen LogP contribution in [0.25, 0.3) is 0 Å². The van der Waals surface area contributed by atoms with Crippen LogP contribution >= 0.6 is 11.6 Å². The Hall–Kier alpha value is -1.73. The van der Waals surface area contributed by atoms with Crippen molar-refractivity contribution in [1.29, 1.82) is 0 Å². The van der Waals surface area contributed by atoms with Crippen LogP contribution in [-0.4, -0.2) is 34.1 Å². The summed E-state index contributed by atoms with van der Waals surface area (Å²) in [4.78, 5) is 8.16. The van der Waals surface area contributed by atoms with Gasteiger partial charge < -0.3 is 9.47 Å². The molecule has 170 valence electrons. The average molecular weight is 455 g/mol. The van der Waals surface area contributed by atoms with Crippen LogP contribution in [0.2, 0.25) is 5.02 Å². The predicted molar refractivity (Wildman–Crippen MR) is 118 cm³/mol. The van der Waals surface area contributed by atoms with Gasteiger partial charge in [0, 0.05) is 26.2 Å². The van der Waals surface area contributed by atoms with E-state index in [9.17, 15) is 13.2 Å². The average Bonchev–Trinajstić information content (AvgIpc) is 3.02. The summed E-state index contributed by atoms with van der Waals surface area (Å²) in [5.41, 5.74) is 2.23. The fourth-order valence-corrected chi connectivity index (χ4v) is 5.23. The monoisotopic (exact) mass is 454 g/mol. The van der Waals surface area contributed by atoms with Crippen LogP contribution in [0.4, 0.5) is 24.8 Å². The van der Waals surface area contributed by atoms with E-state index in [2.05, 4.69) is 9.88 Å². The molecule has 2 aromatic rings. The first-order valence-electron chi connectivity index (χ1n) is 11.1. The Kier molecular flexibility index (Phi) is 6.28. The molecule has 0 unspecified atom stereocenters. The standard InChI is InChI=1S/C23H30ClF3N4/c1-4-29(13-17-7-5-8-17)14-19-21(23(25,26)27)28-22-30(19)9-6-10-31(22)20-16(3)11-15(2)12-18(20)24/h11-12,17H,4-10,13-14H2,1-3H3. The molecule has 0 amide bonds. The number of nitrogens with zero attached hydrogens (tertiary/aromatic N) is 4. The van der Waals surface area contributed by atoms with Gasteiger partial charge in [-0.2, -0.15) is 13.2 Å². The zero-order valence-corrected chi connectivity index (χ0v) is 19.2. The number of aromatic nitrogens is 2. The van der Waals surface area contributed by atoms with Gasteiger partial charge in [0.05, 0.1) is 16.4 Å². The number of hydrogen-bond acceptors (Lipinski definition) is 3. The molecular weight excluding hydrogens is 425 g/mol. The quantitative estimate of drug-likeness (QED) is 0.509. The van der Waals surface area contributed by atoms with Crippen molar-refractivity contribution in [1.82, 2.24) is 14.5 Å². The maximum absolute atomic E-state index is 14.0. The fraction of sp³-hybridized carbons (Fsp3) is 0.609. The molecule has 1 aliphatic carbocycles. The second-order valence-corrected chi connectivity index (χ2v) is 9.31. The largest absolute Gasteiger partial charge is 0.435 e. The summed E-state index contributed by atoms with van der Waals surface area (Å²) in [7, 11) is 0. The molecule has 1 aliphatic heterocycles. The summed E-state index contributed by atoms with van der Waals surface area (Å²) in [5, 5.41) is 0.546. The normalized spacial score (nSPS) is 17.2. The summed E-state index contributed by atoms with van der Waals surface area (Å²) < 4.78 is 43.9. The lowest BCUT2D eigenvalue weighted by Crippen LogP contribution is -2.34. The summed E-state index contributed by atoms with van der Waals surface area (Å²) in [6.45, 7) is 8.89. The number of benzene rings is 1. The molecule has 1 aromatic carbocycles. The summed E-state index contributed by atoms with van der Waals surface area (Å²) in [5.74, 6) is 0.950. The van der Waals surface area contributed by atoms with Crippen LogP contribution in [-0.2, 0) is 19.3 Å². The Morgan fingerprint density at radius 2 is 1.90 bits per heavy atom. The Labute approximate surface area is 187 Å². The van der Waals surface area contributed by atoms with Crippen LogP contribution in [0.15, 0.2) is 12.1 Å². The minimum atomic E-state index is -4.49. The lowest BCUT2D eigenvalue weighted by atomic mass is 9.85.